The first-order chi connectivity index (χ1) is 10.0. The van der Waals surface area contributed by atoms with E-state index >= 15 is 0 Å². The second-order valence-corrected chi connectivity index (χ2v) is 6.48. The molecule has 3 rings (SSSR count). The summed E-state index contributed by atoms with van der Waals surface area (Å²) in [6.45, 7) is 1.29. The molecule has 2 heterocycles. The zero-order chi connectivity index (χ0) is 15.0. The number of halogens is 2. The number of nitrogens with zero attached hydrogens (tertiary/aromatic N) is 1. The highest BCUT2D eigenvalue weighted by Gasteiger charge is 2.35. The Morgan fingerprint density at radius 3 is 2.90 bits per heavy atom. The maximum atomic E-state index is 12.6. The first kappa shape index (κ1) is 14.7. The molecule has 21 heavy (non-hydrogen) atoms. The highest BCUT2D eigenvalue weighted by Crippen LogP contribution is 2.28. The number of carbonyl (C=O) groups is 2. The lowest BCUT2D eigenvalue weighted by atomic mass is 9.85. The second kappa shape index (κ2) is 5.85. The molecule has 2 unspecified atom stereocenters. The number of amides is 2. The summed E-state index contributed by atoms with van der Waals surface area (Å²) >= 11 is 12.1. The van der Waals surface area contributed by atoms with Crippen molar-refractivity contribution in [3.63, 3.8) is 0 Å². The van der Waals surface area contributed by atoms with Crippen LogP contribution in [0.2, 0.25) is 10.0 Å². The maximum absolute atomic E-state index is 12.6. The van der Waals surface area contributed by atoms with Gasteiger partial charge in [-0.2, -0.15) is 0 Å². The molecule has 0 radical (unpaired) electrons. The lowest BCUT2D eigenvalue weighted by Crippen LogP contribution is -2.55. The van der Waals surface area contributed by atoms with Gasteiger partial charge in [-0.15, -0.1) is 0 Å². The van der Waals surface area contributed by atoms with Crippen molar-refractivity contribution < 1.29 is 9.59 Å². The summed E-state index contributed by atoms with van der Waals surface area (Å²) in [6.07, 6.45) is 2.17. The van der Waals surface area contributed by atoms with Crippen LogP contribution < -0.4 is 5.32 Å². The molecule has 112 valence electrons. The number of fused-ring (bicyclic) bond motifs is 1. The molecule has 0 saturated carbocycles. The highest BCUT2D eigenvalue weighted by atomic mass is 35.5. The van der Waals surface area contributed by atoms with E-state index in [1.165, 1.54) is 0 Å². The summed E-state index contributed by atoms with van der Waals surface area (Å²) < 4.78 is 0. The van der Waals surface area contributed by atoms with Crippen LogP contribution in [0.5, 0.6) is 0 Å². The van der Waals surface area contributed by atoms with Crippen molar-refractivity contribution in [2.24, 2.45) is 5.92 Å². The minimum Gasteiger partial charge on any atom is -0.353 e. The molecule has 6 heteroatoms. The lowest BCUT2D eigenvalue weighted by Gasteiger charge is -2.41. The molecule has 0 aromatic heterocycles. The molecule has 1 aromatic rings. The number of piperidine rings is 2. The van der Waals surface area contributed by atoms with E-state index in [2.05, 4.69) is 5.32 Å². The molecule has 4 nitrogen and oxygen atoms in total. The van der Waals surface area contributed by atoms with E-state index in [-0.39, 0.29) is 17.9 Å². The van der Waals surface area contributed by atoms with Gasteiger partial charge >= 0.3 is 0 Å². The van der Waals surface area contributed by atoms with Crippen LogP contribution in [-0.2, 0) is 4.79 Å². The van der Waals surface area contributed by atoms with Gasteiger partial charge in [0.25, 0.3) is 5.91 Å². The molecule has 2 atom stereocenters. The van der Waals surface area contributed by atoms with Gasteiger partial charge in [0.2, 0.25) is 5.91 Å². The standard InChI is InChI=1S/C15H16Cl2N2O2/c16-10-2-3-12(17)11(7-10)15(21)19-6-5-13-9(8-19)1-4-14(20)18-13/h2-3,7,9,13H,1,4-6,8H2,(H,18,20). The predicted octanol–water partition coefficient (Wildman–Crippen LogP) is 2.73. The van der Waals surface area contributed by atoms with E-state index in [0.717, 1.165) is 12.8 Å². The maximum Gasteiger partial charge on any atom is 0.255 e. The number of carbonyl (C=O) groups excluding carboxylic acids is 2. The van der Waals surface area contributed by atoms with Crippen molar-refractivity contribution in [3.8, 4) is 0 Å². The number of likely N-dealkylation sites (tertiary alicyclic amines) is 1. The fraction of sp³-hybridized carbons (Fsp3) is 0.467. The molecular formula is C15H16Cl2N2O2. The Kier molecular flexibility index (Phi) is 4.09. The zero-order valence-corrected chi connectivity index (χ0v) is 13.0. The van der Waals surface area contributed by atoms with E-state index in [4.69, 9.17) is 23.2 Å². The highest BCUT2D eigenvalue weighted by molar-refractivity contribution is 6.35. The van der Waals surface area contributed by atoms with E-state index in [9.17, 15) is 9.59 Å². The molecule has 2 aliphatic rings. The van der Waals surface area contributed by atoms with Gasteiger partial charge in [-0.05, 0) is 37.0 Å². The molecule has 0 spiro atoms. The Balaban J connectivity index is 1.74. The number of hydrogen-bond acceptors (Lipinski definition) is 2. The van der Waals surface area contributed by atoms with Gasteiger partial charge in [0.1, 0.15) is 0 Å². The minimum absolute atomic E-state index is 0.0853. The fourth-order valence-electron chi connectivity index (χ4n) is 3.13. The molecule has 2 aliphatic heterocycles. The summed E-state index contributed by atoms with van der Waals surface area (Å²) in [5.74, 6) is 0.366. The van der Waals surface area contributed by atoms with E-state index in [0.29, 0.717) is 41.0 Å². The number of nitrogens with one attached hydrogen (secondary N) is 1. The quantitative estimate of drug-likeness (QED) is 0.862. The van der Waals surface area contributed by atoms with Gasteiger partial charge in [-0.1, -0.05) is 23.2 Å². The first-order valence-electron chi connectivity index (χ1n) is 7.08. The molecule has 0 aliphatic carbocycles. The van der Waals surface area contributed by atoms with E-state index < -0.39 is 0 Å². The third kappa shape index (κ3) is 3.01. The minimum atomic E-state index is -0.0853. The van der Waals surface area contributed by atoms with Gasteiger partial charge in [0, 0.05) is 30.6 Å². The third-order valence-electron chi connectivity index (χ3n) is 4.27. The topological polar surface area (TPSA) is 49.4 Å². The summed E-state index contributed by atoms with van der Waals surface area (Å²) in [4.78, 5) is 25.8. The summed E-state index contributed by atoms with van der Waals surface area (Å²) in [6, 6.07) is 5.13. The second-order valence-electron chi connectivity index (χ2n) is 5.64. The van der Waals surface area contributed by atoms with Crippen LogP contribution in [0.15, 0.2) is 18.2 Å². The van der Waals surface area contributed by atoms with E-state index in [1.807, 2.05) is 4.90 Å². The van der Waals surface area contributed by atoms with Gasteiger partial charge in [-0.3, -0.25) is 9.59 Å². The predicted molar refractivity (Wildman–Crippen MR) is 81.6 cm³/mol. The average Bonchev–Trinajstić information content (AvgIpc) is 2.48. The van der Waals surface area contributed by atoms with Crippen molar-refractivity contribution in [1.29, 1.82) is 0 Å². The molecule has 0 bridgehead atoms. The normalized spacial score (nSPS) is 25.2. The Labute approximate surface area is 133 Å². The molecule has 1 N–H and O–H groups in total. The largest absolute Gasteiger partial charge is 0.353 e. The molecule has 2 amide bonds. The molecule has 1 aromatic carbocycles. The van der Waals surface area contributed by atoms with Crippen molar-refractivity contribution in [3.05, 3.63) is 33.8 Å². The Morgan fingerprint density at radius 1 is 1.29 bits per heavy atom. The molecule has 2 saturated heterocycles. The van der Waals surface area contributed by atoms with Crippen LogP contribution in [0.1, 0.15) is 29.6 Å². The van der Waals surface area contributed by atoms with Crippen LogP contribution >= 0.6 is 23.2 Å². The molecule has 2 fully saturated rings. The average molecular weight is 327 g/mol. The lowest BCUT2D eigenvalue weighted by molar-refractivity contribution is -0.125. The third-order valence-corrected chi connectivity index (χ3v) is 4.83. The smallest absolute Gasteiger partial charge is 0.255 e. The van der Waals surface area contributed by atoms with Crippen LogP contribution in [0.25, 0.3) is 0 Å². The number of hydrogen-bond donors (Lipinski definition) is 1. The van der Waals surface area contributed by atoms with Gasteiger partial charge < -0.3 is 10.2 Å². The van der Waals surface area contributed by atoms with Crippen LogP contribution in [0.3, 0.4) is 0 Å². The van der Waals surface area contributed by atoms with Crippen molar-refractivity contribution in [2.45, 2.75) is 25.3 Å². The summed E-state index contributed by atoms with van der Waals surface area (Å²) in [5.41, 5.74) is 0.447. The van der Waals surface area contributed by atoms with Crippen molar-refractivity contribution in [1.82, 2.24) is 10.2 Å². The number of benzene rings is 1. The van der Waals surface area contributed by atoms with Crippen molar-refractivity contribution >= 4 is 35.0 Å². The SMILES string of the molecule is O=C1CCC2CN(C(=O)c3cc(Cl)ccc3Cl)CCC2N1. The summed E-state index contributed by atoms with van der Waals surface area (Å²) in [5, 5.41) is 3.94. The Bertz CT molecular complexity index is 591. The monoisotopic (exact) mass is 326 g/mol. The Morgan fingerprint density at radius 2 is 2.10 bits per heavy atom. The molecular weight excluding hydrogens is 311 g/mol. The van der Waals surface area contributed by atoms with Gasteiger partial charge in [-0.25, -0.2) is 0 Å². The zero-order valence-electron chi connectivity index (χ0n) is 11.4. The first-order valence-corrected chi connectivity index (χ1v) is 7.84. The number of rotatable bonds is 1. The summed E-state index contributed by atoms with van der Waals surface area (Å²) in [7, 11) is 0. The van der Waals surface area contributed by atoms with Crippen LogP contribution in [-0.4, -0.2) is 35.8 Å². The Hall–Kier alpha value is -1.26. The van der Waals surface area contributed by atoms with Crippen molar-refractivity contribution in [2.75, 3.05) is 13.1 Å². The van der Waals surface area contributed by atoms with Crippen LogP contribution in [0.4, 0.5) is 0 Å². The fourth-order valence-corrected chi connectivity index (χ4v) is 3.50. The van der Waals surface area contributed by atoms with Gasteiger partial charge in [0.05, 0.1) is 10.6 Å². The van der Waals surface area contributed by atoms with E-state index in [1.54, 1.807) is 18.2 Å². The van der Waals surface area contributed by atoms with Gasteiger partial charge in [0.15, 0.2) is 0 Å². The van der Waals surface area contributed by atoms with Crippen LogP contribution in [0, 0.1) is 5.92 Å².